The lowest BCUT2D eigenvalue weighted by Gasteiger charge is -2.59. The first-order valence-corrected chi connectivity index (χ1v) is 11.1. The van der Waals surface area contributed by atoms with E-state index in [0.29, 0.717) is 48.2 Å². The number of nitrogens with zero attached hydrogens (tertiary/aromatic N) is 4. The Labute approximate surface area is 185 Å². The third-order valence-corrected chi connectivity index (χ3v) is 7.10. The van der Waals surface area contributed by atoms with Crippen LogP contribution in [0.1, 0.15) is 42.5 Å². The van der Waals surface area contributed by atoms with Crippen molar-refractivity contribution >= 4 is 23.2 Å². The van der Waals surface area contributed by atoms with Crippen LogP contribution in [-0.4, -0.2) is 45.7 Å². The fourth-order valence-electron chi connectivity index (χ4n) is 6.17. The second-order valence-corrected chi connectivity index (χ2v) is 9.19. The Morgan fingerprint density at radius 2 is 1.97 bits per heavy atom. The summed E-state index contributed by atoms with van der Waals surface area (Å²) in [6, 6.07) is 1.94. The maximum Gasteiger partial charge on any atom is 0.320 e. The number of nitrogens with one attached hydrogen (secondary N) is 2. The van der Waals surface area contributed by atoms with Gasteiger partial charge in [-0.3, -0.25) is 9.78 Å². The molecule has 6 rings (SSSR count). The fourth-order valence-corrected chi connectivity index (χ4v) is 6.17. The van der Waals surface area contributed by atoms with Gasteiger partial charge in [0.2, 0.25) is 0 Å². The van der Waals surface area contributed by atoms with E-state index in [0.717, 1.165) is 32.1 Å². The minimum atomic E-state index is -0.836. The third kappa shape index (κ3) is 3.95. The van der Waals surface area contributed by atoms with Crippen LogP contribution in [0.25, 0.3) is 0 Å². The first-order chi connectivity index (χ1) is 15.6. The van der Waals surface area contributed by atoms with Gasteiger partial charge in [-0.25, -0.2) is 9.97 Å². The number of hydrogen-bond donors (Lipinski definition) is 3. The molecular weight excluding hydrogens is 410 g/mol. The van der Waals surface area contributed by atoms with Gasteiger partial charge in [-0.15, -0.1) is 4.91 Å². The van der Waals surface area contributed by atoms with Gasteiger partial charge in [0.15, 0.2) is 0 Å². The summed E-state index contributed by atoms with van der Waals surface area (Å²) >= 11 is 0. The molecule has 1 amide bonds. The first kappa shape index (κ1) is 20.9. The van der Waals surface area contributed by atoms with Gasteiger partial charge in [-0.05, 0) is 49.9 Å². The van der Waals surface area contributed by atoms with Crippen LogP contribution in [0.4, 0.5) is 17.3 Å². The summed E-state index contributed by atoms with van der Waals surface area (Å²) in [5.74, 6) is 1.76. The van der Waals surface area contributed by atoms with Gasteiger partial charge < -0.3 is 21.1 Å². The largest absolute Gasteiger partial charge is 0.381 e. The molecule has 2 aromatic rings. The van der Waals surface area contributed by atoms with Crippen molar-refractivity contribution in [3.05, 3.63) is 41.3 Å². The molecule has 3 unspecified atom stereocenters. The number of nitrogens with two attached hydrogens (primary N) is 1. The minimum absolute atomic E-state index is 0.0615. The zero-order valence-electron chi connectivity index (χ0n) is 17.7. The topological polar surface area (TPSA) is 144 Å². The van der Waals surface area contributed by atoms with E-state index in [-0.39, 0.29) is 17.2 Å². The van der Waals surface area contributed by atoms with Gasteiger partial charge in [0, 0.05) is 42.4 Å². The summed E-state index contributed by atoms with van der Waals surface area (Å²) in [5, 5.41) is 9.29. The summed E-state index contributed by atoms with van der Waals surface area (Å²) < 4.78 is 6.26. The van der Waals surface area contributed by atoms with Gasteiger partial charge >= 0.3 is 5.91 Å². The van der Waals surface area contributed by atoms with Gasteiger partial charge in [0.25, 0.3) is 0 Å². The molecule has 4 fully saturated rings. The average molecular weight is 438 g/mol. The van der Waals surface area contributed by atoms with Crippen molar-refractivity contribution in [3.8, 4) is 0 Å². The molecule has 32 heavy (non-hydrogen) atoms. The van der Waals surface area contributed by atoms with Crippen molar-refractivity contribution in [1.29, 1.82) is 0 Å². The second kappa shape index (κ2) is 8.51. The van der Waals surface area contributed by atoms with E-state index in [1.807, 2.05) is 0 Å². The standard InChI is InChI=1S/C22H27N7O3/c23-1-4-32-22-8-13-5-14(9-22)20(15(6-13)10-22)27-17-7-18(26-11-16(17)21(30)29-31)28-19-12-24-2-3-25-19/h2-3,7,11-15,20H,1,4-6,8-10,23H2,(H2,25,26,27,28)/t13?,14-,15+,20?,22?. The normalized spacial score (nSPS) is 30.2. The van der Waals surface area contributed by atoms with Crippen LogP contribution in [0.2, 0.25) is 0 Å². The SMILES string of the molecule is NCCOC12CC3C[C@H](C1)C(Nc1cc(Nc4cnccn4)ncc1C(=O)N=O)[C@@H](C3)C2. The Morgan fingerprint density at radius 3 is 2.66 bits per heavy atom. The van der Waals surface area contributed by atoms with Gasteiger partial charge in [0.1, 0.15) is 11.6 Å². The molecule has 0 spiro atoms. The predicted molar refractivity (Wildman–Crippen MR) is 118 cm³/mol. The Bertz CT molecular complexity index is 986. The lowest BCUT2D eigenvalue weighted by molar-refractivity contribution is -0.164. The van der Waals surface area contributed by atoms with Crippen molar-refractivity contribution in [3.63, 3.8) is 0 Å². The molecule has 10 nitrogen and oxygen atoms in total. The van der Waals surface area contributed by atoms with Gasteiger partial charge in [-0.1, -0.05) is 0 Å². The van der Waals surface area contributed by atoms with Crippen molar-refractivity contribution in [2.45, 2.75) is 43.7 Å². The molecule has 0 aromatic carbocycles. The van der Waals surface area contributed by atoms with Gasteiger partial charge in [-0.2, -0.15) is 0 Å². The molecule has 0 aliphatic heterocycles. The molecule has 4 aliphatic carbocycles. The van der Waals surface area contributed by atoms with Crippen LogP contribution in [-0.2, 0) is 4.74 Å². The number of nitroso groups, excluding NO2 is 1. The molecule has 10 heteroatoms. The molecule has 4 aliphatic rings. The maximum atomic E-state index is 12.2. The molecule has 4 N–H and O–H groups in total. The highest BCUT2D eigenvalue weighted by atomic mass is 16.5. The molecule has 5 atom stereocenters. The lowest BCUT2D eigenvalue weighted by atomic mass is 9.52. The maximum absolute atomic E-state index is 12.2. The summed E-state index contributed by atoms with van der Waals surface area (Å²) in [5.41, 5.74) is 6.36. The van der Waals surface area contributed by atoms with Crippen molar-refractivity contribution in [2.75, 3.05) is 23.8 Å². The van der Waals surface area contributed by atoms with E-state index < -0.39 is 5.91 Å². The molecule has 0 radical (unpaired) electrons. The summed E-state index contributed by atoms with van der Waals surface area (Å²) in [6.45, 7) is 1.13. The lowest BCUT2D eigenvalue weighted by Crippen LogP contribution is -2.60. The number of anilines is 3. The number of amides is 1. The molecule has 4 bridgehead atoms. The predicted octanol–water partition coefficient (Wildman–Crippen LogP) is 2.86. The first-order valence-electron chi connectivity index (χ1n) is 11.1. The average Bonchev–Trinajstić information content (AvgIpc) is 2.80. The highest BCUT2D eigenvalue weighted by Gasteiger charge is 2.56. The molecule has 168 valence electrons. The van der Waals surface area contributed by atoms with Crippen molar-refractivity contribution in [2.24, 2.45) is 28.7 Å². The number of ether oxygens (including phenoxy) is 1. The van der Waals surface area contributed by atoms with Crippen molar-refractivity contribution < 1.29 is 9.53 Å². The summed E-state index contributed by atoms with van der Waals surface area (Å²) in [4.78, 5) is 35.7. The van der Waals surface area contributed by atoms with Crippen LogP contribution >= 0.6 is 0 Å². The smallest absolute Gasteiger partial charge is 0.320 e. The van der Waals surface area contributed by atoms with Crippen molar-refractivity contribution in [1.82, 2.24) is 15.0 Å². The number of rotatable bonds is 8. The quantitative estimate of drug-likeness (QED) is 0.531. The Hall–Kier alpha value is -2.98. The number of hydrogen-bond acceptors (Lipinski definition) is 9. The van der Waals surface area contributed by atoms with E-state index in [1.165, 1.54) is 6.20 Å². The van der Waals surface area contributed by atoms with Gasteiger partial charge in [0.05, 0.1) is 29.7 Å². The molecule has 4 saturated carbocycles. The van der Waals surface area contributed by atoms with Crippen LogP contribution in [0.5, 0.6) is 0 Å². The molecule has 2 heterocycles. The highest BCUT2D eigenvalue weighted by molar-refractivity contribution is 6.00. The Morgan fingerprint density at radius 1 is 1.16 bits per heavy atom. The van der Waals surface area contributed by atoms with Crippen LogP contribution in [0.3, 0.4) is 0 Å². The van der Waals surface area contributed by atoms with E-state index in [2.05, 4.69) is 30.8 Å². The highest BCUT2D eigenvalue weighted by Crippen LogP contribution is 2.57. The molecule has 2 aromatic heterocycles. The second-order valence-electron chi connectivity index (χ2n) is 9.19. The number of pyridine rings is 1. The van der Waals surface area contributed by atoms with E-state index in [9.17, 15) is 9.70 Å². The Balaban J connectivity index is 1.40. The summed E-state index contributed by atoms with van der Waals surface area (Å²) in [6.07, 6.45) is 11.5. The minimum Gasteiger partial charge on any atom is -0.381 e. The molecule has 0 saturated heterocycles. The van der Waals surface area contributed by atoms with E-state index >= 15 is 0 Å². The van der Waals surface area contributed by atoms with Crippen LogP contribution in [0.15, 0.2) is 36.0 Å². The van der Waals surface area contributed by atoms with Crippen LogP contribution < -0.4 is 16.4 Å². The van der Waals surface area contributed by atoms with E-state index in [4.69, 9.17) is 10.5 Å². The third-order valence-electron chi connectivity index (χ3n) is 7.10. The number of carbonyl (C=O) groups is 1. The molecular formula is C22H27N7O3. The number of aromatic nitrogens is 3. The fraction of sp³-hybridized carbons (Fsp3) is 0.545. The Kier molecular flexibility index (Phi) is 5.56. The zero-order valence-corrected chi connectivity index (χ0v) is 17.7. The van der Waals surface area contributed by atoms with Crippen LogP contribution in [0, 0.1) is 22.7 Å². The van der Waals surface area contributed by atoms with E-state index in [1.54, 1.807) is 24.7 Å². The number of carbonyl (C=O) groups excluding carboxylic acids is 1. The monoisotopic (exact) mass is 437 g/mol. The zero-order chi connectivity index (χ0) is 22.1. The summed E-state index contributed by atoms with van der Waals surface area (Å²) in [7, 11) is 0.